The number of aryl methyl sites for hydroxylation is 1. The van der Waals surface area contributed by atoms with E-state index in [0.717, 1.165) is 6.42 Å². The molecular weight excluding hydrogens is 152 g/mol. The Kier molecular flexibility index (Phi) is 3.31. The third kappa shape index (κ3) is 2.09. The third-order valence-electron chi connectivity index (χ3n) is 2.03. The molecule has 1 aromatic heterocycles. The van der Waals surface area contributed by atoms with Crippen molar-refractivity contribution in [2.75, 3.05) is 13.7 Å². The van der Waals surface area contributed by atoms with Gasteiger partial charge in [0, 0.05) is 32.2 Å². The first kappa shape index (κ1) is 9.29. The Hall–Kier alpha value is -0.800. The van der Waals surface area contributed by atoms with Crippen LogP contribution in [-0.4, -0.2) is 18.7 Å². The molecule has 3 N–H and O–H groups in total. The molecule has 1 heterocycles. The molecule has 0 saturated carbocycles. The summed E-state index contributed by atoms with van der Waals surface area (Å²) in [5, 5.41) is 0. The van der Waals surface area contributed by atoms with E-state index in [9.17, 15) is 0 Å². The number of nitrogens with one attached hydrogen (secondary N) is 1. The van der Waals surface area contributed by atoms with Crippen molar-refractivity contribution in [3.63, 3.8) is 0 Å². The van der Waals surface area contributed by atoms with Crippen LogP contribution in [0.25, 0.3) is 0 Å². The molecule has 1 aromatic rings. The number of rotatable bonds is 4. The summed E-state index contributed by atoms with van der Waals surface area (Å²) >= 11 is 0. The average Bonchev–Trinajstić information content (AvgIpc) is 2.47. The van der Waals surface area contributed by atoms with E-state index in [1.165, 1.54) is 11.1 Å². The lowest BCUT2D eigenvalue weighted by Gasteiger charge is -2.09. The number of hydrogen-bond donors (Lipinski definition) is 2. The minimum atomic E-state index is 0.0937. The van der Waals surface area contributed by atoms with E-state index >= 15 is 0 Å². The smallest absolute Gasteiger partial charge is 0.0480 e. The van der Waals surface area contributed by atoms with Gasteiger partial charge in [-0.1, -0.05) is 0 Å². The molecule has 0 fully saturated rings. The van der Waals surface area contributed by atoms with E-state index in [1.807, 2.05) is 12.4 Å². The van der Waals surface area contributed by atoms with Crippen LogP contribution in [0.3, 0.4) is 0 Å². The fourth-order valence-corrected chi connectivity index (χ4v) is 1.25. The minimum absolute atomic E-state index is 0.0937. The van der Waals surface area contributed by atoms with Crippen molar-refractivity contribution in [3.05, 3.63) is 23.5 Å². The molecule has 3 heteroatoms. The topological polar surface area (TPSA) is 51.0 Å². The Labute approximate surface area is 72.9 Å². The van der Waals surface area contributed by atoms with Crippen molar-refractivity contribution in [2.45, 2.75) is 19.4 Å². The number of methoxy groups -OCH3 is 1. The van der Waals surface area contributed by atoms with Gasteiger partial charge in [-0.25, -0.2) is 0 Å². The van der Waals surface area contributed by atoms with Gasteiger partial charge in [0.05, 0.1) is 0 Å². The molecular formula is C9H16N2O. The standard InChI is InChI=1S/C9H16N2O/c1-7-5-11-6-8(7)9(10)3-4-12-2/h5-6,9,11H,3-4,10H2,1-2H3/t9-/m1/s1. The Morgan fingerprint density at radius 3 is 2.83 bits per heavy atom. The molecule has 0 spiro atoms. The van der Waals surface area contributed by atoms with Crippen LogP contribution in [-0.2, 0) is 4.74 Å². The third-order valence-corrected chi connectivity index (χ3v) is 2.03. The zero-order valence-corrected chi connectivity index (χ0v) is 7.63. The SMILES string of the molecule is COCC[C@@H](N)c1c[nH]cc1C. The lowest BCUT2D eigenvalue weighted by atomic mass is 10.1. The Morgan fingerprint density at radius 1 is 1.58 bits per heavy atom. The van der Waals surface area contributed by atoms with Gasteiger partial charge >= 0.3 is 0 Å². The van der Waals surface area contributed by atoms with Crippen molar-refractivity contribution in [2.24, 2.45) is 5.73 Å². The van der Waals surface area contributed by atoms with E-state index in [2.05, 4.69) is 11.9 Å². The molecule has 1 rings (SSSR count). The quantitative estimate of drug-likeness (QED) is 0.713. The number of hydrogen-bond acceptors (Lipinski definition) is 2. The van der Waals surface area contributed by atoms with E-state index in [0.29, 0.717) is 6.61 Å². The van der Waals surface area contributed by atoms with Gasteiger partial charge < -0.3 is 15.5 Å². The molecule has 12 heavy (non-hydrogen) atoms. The van der Waals surface area contributed by atoms with Crippen molar-refractivity contribution in [1.29, 1.82) is 0 Å². The van der Waals surface area contributed by atoms with Gasteiger partial charge in [-0.15, -0.1) is 0 Å². The number of aromatic nitrogens is 1. The second-order valence-electron chi connectivity index (χ2n) is 2.98. The summed E-state index contributed by atoms with van der Waals surface area (Å²) in [5.74, 6) is 0. The lowest BCUT2D eigenvalue weighted by molar-refractivity contribution is 0.188. The second-order valence-corrected chi connectivity index (χ2v) is 2.98. The van der Waals surface area contributed by atoms with E-state index in [-0.39, 0.29) is 6.04 Å². The maximum absolute atomic E-state index is 5.93. The average molecular weight is 168 g/mol. The molecule has 0 bridgehead atoms. The first-order valence-corrected chi connectivity index (χ1v) is 4.13. The summed E-state index contributed by atoms with van der Waals surface area (Å²) in [5.41, 5.74) is 8.33. The van der Waals surface area contributed by atoms with Gasteiger partial charge in [0.15, 0.2) is 0 Å². The molecule has 0 saturated heterocycles. The normalized spacial score (nSPS) is 13.2. The number of nitrogens with two attached hydrogens (primary N) is 1. The summed E-state index contributed by atoms with van der Waals surface area (Å²) in [6, 6.07) is 0.0937. The molecule has 3 nitrogen and oxygen atoms in total. The monoisotopic (exact) mass is 168 g/mol. The zero-order valence-electron chi connectivity index (χ0n) is 7.63. The van der Waals surface area contributed by atoms with Crippen LogP contribution < -0.4 is 5.73 Å². The summed E-state index contributed by atoms with van der Waals surface area (Å²) in [6.45, 7) is 2.77. The molecule has 0 radical (unpaired) electrons. The largest absolute Gasteiger partial charge is 0.385 e. The highest BCUT2D eigenvalue weighted by Gasteiger charge is 2.08. The number of H-pyrrole nitrogens is 1. The van der Waals surface area contributed by atoms with Gasteiger partial charge in [-0.3, -0.25) is 0 Å². The predicted octanol–water partition coefficient (Wildman–Crippen LogP) is 1.36. The second kappa shape index (κ2) is 4.28. The first-order valence-electron chi connectivity index (χ1n) is 4.13. The highest BCUT2D eigenvalue weighted by Crippen LogP contribution is 2.17. The molecule has 0 aliphatic heterocycles. The van der Waals surface area contributed by atoms with Crippen molar-refractivity contribution >= 4 is 0 Å². The highest BCUT2D eigenvalue weighted by atomic mass is 16.5. The number of aromatic amines is 1. The van der Waals surface area contributed by atoms with E-state index in [4.69, 9.17) is 10.5 Å². The fourth-order valence-electron chi connectivity index (χ4n) is 1.25. The zero-order chi connectivity index (χ0) is 8.97. The number of ether oxygens (including phenoxy) is 1. The van der Waals surface area contributed by atoms with Crippen LogP contribution in [0, 0.1) is 6.92 Å². The first-order chi connectivity index (χ1) is 5.75. The lowest BCUT2D eigenvalue weighted by Crippen LogP contribution is -2.12. The minimum Gasteiger partial charge on any atom is -0.385 e. The van der Waals surface area contributed by atoms with Crippen molar-refractivity contribution in [3.8, 4) is 0 Å². The van der Waals surface area contributed by atoms with Gasteiger partial charge in [0.25, 0.3) is 0 Å². The van der Waals surface area contributed by atoms with Crippen LogP contribution in [0.15, 0.2) is 12.4 Å². The Morgan fingerprint density at radius 2 is 2.33 bits per heavy atom. The van der Waals surface area contributed by atoms with Crippen molar-refractivity contribution < 1.29 is 4.74 Å². The van der Waals surface area contributed by atoms with Crippen LogP contribution in [0.2, 0.25) is 0 Å². The van der Waals surface area contributed by atoms with Gasteiger partial charge in [-0.2, -0.15) is 0 Å². The van der Waals surface area contributed by atoms with Gasteiger partial charge in [-0.05, 0) is 24.5 Å². The summed E-state index contributed by atoms with van der Waals surface area (Å²) < 4.78 is 4.96. The molecule has 0 unspecified atom stereocenters. The summed E-state index contributed by atoms with van der Waals surface area (Å²) in [7, 11) is 1.69. The Balaban J connectivity index is 2.52. The highest BCUT2D eigenvalue weighted by molar-refractivity contribution is 5.24. The predicted molar refractivity (Wildman–Crippen MR) is 49.0 cm³/mol. The molecule has 0 amide bonds. The van der Waals surface area contributed by atoms with Crippen LogP contribution in [0.4, 0.5) is 0 Å². The summed E-state index contributed by atoms with van der Waals surface area (Å²) in [4.78, 5) is 3.03. The molecule has 1 atom stereocenters. The summed E-state index contributed by atoms with van der Waals surface area (Å²) in [6.07, 6.45) is 4.78. The van der Waals surface area contributed by atoms with Crippen LogP contribution in [0.5, 0.6) is 0 Å². The fraction of sp³-hybridized carbons (Fsp3) is 0.556. The molecule has 0 aliphatic carbocycles. The molecule has 68 valence electrons. The van der Waals surface area contributed by atoms with Crippen molar-refractivity contribution in [1.82, 2.24) is 4.98 Å². The molecule has 0 aliphatic rings. The van der Waals surface area contributed by atoms with Gasteiger partial charge in [0.2, 0.25) is 0 Å². The Bertz CT molecular complexity index is 232. The van der Waals surface area contributed by atoms with Crippen LogP contribution >= 0.6 is 0 Å². The van der Waals surface area contributed by atoms with Crippen LogP contribution in [0.1, 0.15) is 23.6 Å². The molecule has 0 aromatic carbocycles. The van der Waals surface area contributed by atoms with E-state index in [1.54, 1.807) is 7.11 Å². The van der Waals surface area contributed by atoms with Gasteiger partial charge in [0.1, 0.15) is 0 Å². The van der Waals surface area contributed by atoms with E-state index < -0.39 is 0 Å². The maximum atomic E-state index is 5.93. The maximum Gasteiger partial charge on any atom is 0.0480 e.